The summed E-state index contributed by atoms with van der Waals surface area (Å²) in [6.45, 7) is 6.65. The Bertz CT molecular complexity index is 2060. The van der Waals surface area contributed by atoms with Crippen LogP contribution in [-0.2, 0) is 25.5 Å². The van der Waals surface area contributed by atoms with Crippen LogP contribution < -0.4 is 4.40 Å². The van der Waals surface area contributed by atoms with E-state index >= 15 is 0 Å². The molecule has 0 aliphatic heterocycles. The fourth-order valence-electron chi connectivity index (χ4n) is 5.37. The third-order valence-corrected chi connectivity index (χ3v) is 12.3. The summed E-state index contributed by atoms with van der Waals surface area (Å²) < 4.78 is 7.58. The maximum absolute atomic E-state index is 6.13. The Morgan fingerprint density at radius 1 is 0.696 bits per heavy atom. The minimum atomic E-state index is -1.72. The fourth-order valence-corrected chi connectivity index (χ4v) is 7.54. The molecule has 3 heterocycles. The van der Waals surface area contributed by atoms with Crippen LogP contribution in [-0.4, -0.2) is 23.2 Å². The molecule has 0 saturated carbocycles. The fraction of sp³-hybridized carbons (Fsp3) is 0.171. The molecule has 0 unspecified atom stereocenters. The SMILES string of the molecule is CC(C)(C)c1ccnc(-c2[c-]cc3oc4cccc(-c5ccccc5)c4c3c2)c1.[CH3][Ge]([CH3])([CH3])[c]1ccc(-c2[c-]cccc2)nc1.[Ir]. The second-order valence-electron chi connectivity index (χ2n) is 13.4. The molecule has 0 N–H and O–H groups in total. The summed E-state index contributed by atoms with van der Waals surface area (Å²) in [4.78, 5) is 9.14. The maximum Gasteiger partial charge on any atom is 0 e. The van der Waals surface area contributed by atoms with Gasteiger partial charge < -0.3 is 9.40 Å². The second-order valence-corrected chi connectivity index (χ2v) is 24.1. The van der Waals surface area contributed by atoms with Crippen LogP contribution in [0.5, 0.6) is 0 Å². The molecule has 7 rings (SSSR count). The minimum absolute atomic E-state index is 0. The van der Waals surface area contributed by atoms with Crippen molar-refractivity contribution < 1.29 is 24.5 Å². The summed E-state index contributed by atoms with van der Waals surface area (Å²) in [6, 6.07) is 43.9. The standard InChI is InChI=1S/C27H22NO.C14H16GeN.Ir/c1-27(2,3)20-14-15-28-23(17-20)19-12-13-24-22(16-19)26-21(10-7-11-25(26)29-24)18-8-5-4-6-9-18;1-15(2,3)13-9-10-14(16-11-13)12-7-5-4-6-8-12;/h4-11,13-17H,1-3H3;4-7,9-11H,1-3H3;/q2*-1;. The van der Waals surface area contributed by atoms with Gasteiger partial charge in [0.25, 0.3) is 0 Å². The average molecular weight is 840 g/mol. The topological polar surface area (TPSA) is 38.9 Å². The summed E-state index contributed by atoms with van der Waals surface area (Å²) in [6.07, 6.45) is 3.92. The zero-order chi connectivity index (χ0) is 31.6. The molecule has 5 heteroatoms. The predicted molar refractivity (Wildman–Crippen MR) is 191 cm³/mol. The molecule has 0 aliphatic rings. The van der Waals surface area contributed by atoms with Crippen molar-refractivity contribution >= 4 is 39.6 Å². The van der Waals surface area contributed by atoms with Crippen molar-refractivity contribution in [3.8, 4) is 33.6 Å². The summed E-state index contributed by atoms with van der Waals surface area (Å²) >= 11 is -1.72. The van der Waals surface area contributed by atoms with Crippen molar-refractivity contribution in [1.82, 2.24) is 9.97 Å². The summed E-state index contributed by atoms with van der Waals surface area (Å²) in [7, 11) is 0. The Hall–Kier alpha value is -3.83. The molecule has 4 aromatic carbocycles. The van der Waals surface area contributed by atoms with Crippen LogP contribution in [0, 0.1) is 12.1 Å². The molecule has 0 bridgehead atoms. The number of nitrogens with zero attached hydrogens (tertiary/aromatic N) is 2. The van der Waals surface area contributed by atoms with Gasteiger partial charge in [-0.2, -0.15) is 0 Å². The van der Waals surface area contributed by atoms with Crippen LogP contribution in [0.15, 0.2) is 126 Å². The van der Waals surface area contributed by atoms with Gasteiger partial charge in [0.15, 0.2) is 0 Å². The van der Waals surface area contributed by atoms with Gasteiger partial charge in [0.1, 0.15) is 5.58 Å². The van der Waals surface area contributed by atoms with Crippen molar-refractivity contribution in [2.75, 3.05) is 0 Å². The van der Waals surface area contributed by atoms with Crippen LogP contribution in [0.1, 0.15) is 26.3 Å². The molecule has 0 atom stereocenters. The number of furan rings is 1. The Labute approximate surface area is 288 Å². The number of hydrogen-bond acceptors (Lipinski definition) is 3. The quantitative estimate of drug-likeness (QED) is 0.131. The Balaban J connectivity index is 0.000000209. The zero-order valence-electron chi connectivity index (χ0n) is 27.2. The monoisotopic (exact) mass is 841 g/mol. The van der Waals surface area contributed by atoms with Crippen LogP contribution in [0.4, 0.5) is 0 Å². The largest absolute Gasteiger partial charge is 0 e. The van der Waals surface area contributed by atoms with Crippen LogP contribution in [0.25, 0.3) is 55.6 Å². The molecule has 46 heavy (non-hydrogen) atoms. The molecular formula is C41H38GeIrN2O-2. The van der Waals surface area contributed by atoms with Crippen molar-refractivity contribution in [3.63, 3.8) is 0 Å². The van der Waals surface area contributed by atoms with Crippen molar-refractivity contribution in [3.05, 3.63) is 139 Å². The molecule has 0 spiro atoms. The minimum Gasteiger partial charge on any atom is 0 e. The summed E-state index contributed by atoms with van der Waals surface area (Å²) in [5.41, 5.74) is 9.43. The van der Waals surface area contributed by atoms with E-state index in [0.29, 0.717) is 0 Å². The molecule has 1 radical (unpaired) electrons. The van der Waals surface area contributed by atoms with Crippen LogP contribution in [0.3, 0.4) is 0 Å². The first-order valence-electron chi connectivity index (χ1n) is 15.4. The first-order valence-corrected chi connectivity index (χ1v) is 22.8. The van der Waals surface area contributed by atoms with E-state index in [1.54, 1.807) is 0 Å². The van der Waals surface area contributed by atoms with Gasteiger partial charge in [0.2, 0.25) is 0 Å². The number of pyridine rings is 2. The predicted octanol–water partition coefficient (Wildman–Crippen LogP) is 10.5. The molecular weight excluding hydrogens is 801 g/mol. The molecule has 0 fully saturated rings. The van der Waals surface area contributed by atoms with E-state index in [4.69, 9.17) is 4.42 Å². The van der Waals surface area contributed by atoms with E-state index in [0.717, 1.165) is 44.5 Å². The second kappa shape index (κ2) is 13.9. The Morgan fingerprint density at radius 3 is 2.15 bits per heavy atom. The average Bonchev–Trinajstić information content (AvgIpc) is 3.43. The van der Waals surface area contributed by atoms with Crippen molar-refractivity contribution in [1.29, 1.82) is 0 Å². The molecule has 3 nitrogen and oxygen atoms in total. The van der Waals surface area contributed by atoms with Crippen molar-refractivity contribution in [2.45, 2.75) is 43.5 Å². The number of rotatable bonds is 4. The third-order valence-electron chi connectivity index (χ3n) is 8.03. The van der Waals surface area contributed by atoms with Gasteiger partial charge in [-0.25, -0.2) is 0 Å². The Kier molecular flexibility index (Phi) is 10.1. The summed E-state index contributed by atoms with van der Waals surface area (Å²) in [5.74, 6) is 7.14. The van der Waals surface area contributed by atoms with Crippen LogP contribution >= 0.6 is 0 Å². The van der Waals surface area contributed by atoms with Gasteiger partial charge in [0, 0.05) is 31.7 Å². The normalized spacial score (nSPS) is 11.5. The Morgan fingerprint density at radius 2 is 1.48 bits per heavy atom. The summed E-state index contributed by atoms with van der Waals surface area (Å²) in [5, 5.41) is 2.23. The van der Waals surface area contributed by atoms with Gasteiger partial charge in [-0.1, -0.05) is 74.7 Å². The maximum atomic E-state index is 6.13. The van der Waals surface area contributed by atoms with E-state index in [2.05, 4.69) is 121 Å². The third kappa shape index (κ3) is 7.42. The molecule has 0 saturated heterocycles. The van der Waals surface area contributed by atoms with Gasteiger partial charge in [0.05, 0.1) is 5.58 Å². The zero-order valence-corrected chi connectivity index (χ0v) is 31.7. The molecule has 7 aromatic rings. The molecule has 0 amide bonds. The van der Waals surface area contributed by atoms with E-state index in [9.17, 15) is 0 Å². The molecule has 0 aliphatic carbocycles. The molecule has 233 valence electrons. The number of aromatic nitrogens is 2. The van der Waals surface area contributed by atoms with E-state index in [-0.39, 0.29) is 25.5 Å². The first kappa shape index (κ1) is 33.5. The number of hydrogen-bond donors (Lipinski definition) is 0. The number of fused-ring (bicyclic) bond motifs is 3. The first-order chi connectivity index (χ1) is 21.6. The van der Waals surface area contributed by atoms with Gasteiger partial charge >= 0.3 is 99.8 Å². The van der Waals surface area contributed by atoms with Crippen molar-refractivity contribution in [2.24, 2.45) is 0 Å². The van der Waals surface area contributed by atoms with Gasteiger partial charge in [-0.05, 0) is 39.9 Å². The van der Waals surface area contributed by atoms with E-state index in [1.165, 1.54) is 21.1 Å². The smallest absolute Gasteiger partial charge is 0 e. The van der Waals surface area contributed by atoms with Crippen LogP contribution in [0.2, 0.25) is 17.3 Å². The number of benzene rings is 4. The van der Waals surface area contributed by atoms with E-state index < -0.39 is 13.3 Å². The molecule has 3 aromatic heterocycles. The van der Waals surface area contributed by atoms with E-state index in [1.807, 2.05) is 60.9 Å². The van der Waals surface area contributed by atoms with Gasteiger partial charge in [-0.15, -0.1) is 23.8 Å². The van der Waals surface area contributed by atoms with Gasteiger partial charge in [-0.3, -0.25) is 0 Å².